The maximum atomic E-state index is 11.2. The molecular weight excluding hydrogens is 435 g/mol. The van der Waals surface area contributed by atoms with Gasteiger partial charge in [0.05, 0.1) is 40.2 Å². The van der Waals surface area contributed by atoms with Crippen LogP contribution in [0.25, 0.3) is 18.1 Å². The van der Waals surface area contributed by atoms with Gasteiger partial charge in [-0.2, -0.15) is 0 Å². The first-order valence-corrected chi connectivity index (χ1v) is 10.5. The Labute approximate surface area is 216 Å². The van der Waals surface area contributed by atoms with Gasteiger partial charge in [0.25, 0.3) is 0 Å². The number of nitrogens with one attached hydrogen (secondary N) is 1. The number of fused-ring (bicyclic) bond motifs is 5. The summed E-state index contributed by atoms with van der Waals surface area (Å²) >= 11 is 0. The standard InChI is InChI=1S/C27H18N4O2.Na/c32-27(33)17-3-1-16(2-4-17)25-14-24-13-22-8-7-20(29-22)11-18-5-6-19(28-18)12-21-9-10-23(30-21)15-26(25)31-24;/h1-15,31-33H;/q;+1/p-1. The smallest absolute Gasteiger partial charge is 0.629 e. The van der Waals surface area contributed by atoms with E-state index in [9.17, 15) is 10.2 Å². The first-order valence-electron chi connectivity index (χ1n) is 10.5. The SMILES string of the molecule is [Na+].[O-]C(O)=c1ccc(=c2cc3[nH]c2=CC2=NC(=CC4=NC(=CC5=NC(=C3)C=C5)C=C4)C=C2)cc1. The average molecular weight is 452 g/mol. The number of aliphatic hydroxyl groups excluding tert-OH is 1. The van der Waals surface area contributed by atoms with E-state index >= 15 is 0 Å². The molecule has 0 aliphatic carbocycles. The third kappa shape index (κ3) is 4.39. The van der Waals surface area contributed by atoms with Crippen molar-refractivity contribution in [2.75, 3.05) is 0 Å². The zero-order chi connectivity index (χ0) is 22.4. The number of hydrogen-bond acceptors (Lipinski definition) is 5. The fourth-order valence-corrected chi connectivity index (χ4v) is 3.99. The van der Waals surface area contributed by atoms with Gasteiger partial charge in [-0.15, -0.1) is 0 Å². The average Bonchev–Trinajstić information content (AvgIpc) is 3.59. The molecular formula is C27H17N4NaO2. The monoisotopic (exact) mass is 452 g/mol. The van der Waals surface area contributed by atoms with Crippen LogP contribution in [0.15, 0.2) is 111 Å². The molecule has 1 aromatic carbocycles. The minimum atomic E-state index is -0.945. The van der Waals surface area contributed by atoms with Crippen LogP contribution in [0.1, 0.15) is 5.69 Å². The van der Waals surface area contributed by atoms with Crippen LogP contribution in [-0.2, 0) is 0 Å². The molecule has 0 saturated carbocycles. The second kappa shape index (κ2) is 8.91. The summed E-state index contributed by atoms with van der Waals surface area (Å²) in [5, 5.41) is 23.5. The molecule has 0 radical (unpaired) electrons. The van der Waals surface area contributed by atoms with Gasteiger partial charge in [-0.3, -0.25) is 0 Å². The number of aliphatic imine (C=N–C) groups is 3. The van der Waals surface area contributed by atoms with Crippen LogP contribution in [0.4, 0.5) is 0 Å². The molecule has 1 aromatic heterocycles. The molecule has 4 aliphatic rings. The Balaban J connectivity index is 0.00000241. The van der Waals surface area contributed by atoms with Crippen molar-refractivity contribution in [1.82, 2.24) is 4.98 Å². The van der Waals surface area contributed by atoms with Crippen LogP contribution in [0.3, 0.4) is 0 Å². The molecule has 158 valence electrons. The summed E-state index contributed by atoms with van der Waals surface area (Å²) in [4.78, 5) is 17.5. The maximum absolute atomic E-state index is 11.2. The van der Waals surface area contributed by atoms with Crippen molar-refractivity contribution >= 4 is 35.2 Å². The minimum absolute atomic E-state index is 0. The van der Waals surface area contributed by atoms with Crippen molar-refractivity contribution in [2.24, 2.45) is 15.0 Å². The Bertz CT molecular complexity index is 1700. The minimum Gasteiger partial charge on any atom is -0.629 e. The van der Waals surface area contributed by atoms with E-state index in [1.165, 1.54) is 0 Å². The van der Waals surface area contributed by atoms with E-state index < -0.39 is 5.95 Å². The van der Waals surface area contributed by atoms with Gasteiger partial charge in [-0.1, -0.05) is 24.3 Å². The number of hydrogen-bond donors (Lipinski definition) is 2. The molecule has 4 aliphatic heterocycles. The molecule has 7 heteroatoms. The summed E-state index contributed by atoms with van der Waals surface area (Å²) in [6.07, 6.45) is 19.7. The van der Waals surface area contributed by atoms with Gasteiger partial charge in [0.2, 0.25) is 0 Å². The molecule has 2 N–H and O–H groups in total. The zero-order valence-electron chi connectivity index (χ0n) is 18.4. The molecule has 0 atom stereocenters. The Morgan fingerprint density at radius 3 is 1.79 bits per heavy atom. The molecule has 0 spiro atoms. The summed E-state index contributed by atoms with van der Waals surface area (Å²) in [7, 11) is 0. The summed E-state index contributed by atoms with van der Waals surface area (Å²) in [5.74, 6) is -0.945. The number of allylic oxidation sites excluding steroid dienone is 8. The molecule has 6 nitrogen and oxygen atoms in total. The summed E-state index contributed by atoms with van der Waals surface area (Å²) < 4.78 is 0. The summed E-state index contributed by atoms with van der Waals surface area (Å²) in [6.45, 7) is 0. The Kier molecular flexibility index (Phi) is 5.79. The fourth-order valence-electron chi connectivity index (χ4n) is 3.99. The van der Waals surface area contributed by atoms with Crippen molar-refractivity contribution in [1.29, 1.82) is 0 Å². The molecule has 8 bridgehead atoms. The van der Waals surface area contributed by atoms with Crippen molar-refractivity contribution in [3.8, 4) is 0 Å². The number of aliphatic hydroxyl groups is 1. The topological polar surface area (TPSA) is 96.2 Å². The van der Waals surface area contributed by atoms with E-state index in [4.69, 9.17) is 4.99 Å². The van der Waals surface area contributed by atoms with Crippen molar-refractivity contribution in [3.05, 3.63) is 123 Å². The number of rotatable bonds is 0. The third-order valence-electron chi connectivity index (χ3n) is 5.55. The normalized spacial score (nSPS) is 17.2. The van der Waals surface area contributed by atoms with Crippen LogP contribution in [-0.4, -0.2) is 27.2 Å². The molecule has 0 amide bonds. The maximum Gasteiger partial charge on any atom is 1.00 e. The quantitative estimate of drug-likeness (QED) is 0.514. The summed E-state index contributed by atoms with van der Waals surface area (Å²) in [5.41, 5.74) is 5.91. The Morgan fingerprint density at radius 2 is 1.24 bits per heavy atom. The Hall–Kier alpha value is -3.71. The largest absolute Gasteiger partial charge is 1.00 e. The van der Waals surface area contributed by atoms with E-state index in [-0.39, 0.29) is 34.8 Å². The van der Waals surface area contributed by atoms with Gasteiger partial charge in [-0.05, 0) is 77.3 Å². The van der Waals surface area contributed by atoms with Crippen molar-refractivity contribution in [3.63, 3.8) is 0 Å². The van der Waals surface area contributed by atoms with Gasteiger partial charge in [0.15, 0.2) is 0 Å². The van der Waals surface area contributed by atoms with Crippen LogP contribution in [0, 0.1) is 10.4 Å². The number of aromatic nitrogens is 1. The van der Waals surface area contributed by atoms with Crippen LogP contribution in [0.2, 0.25) is 0 Å². The Morgan fingerprint density at radius 1 is 0.706 bits per heavy atom. The number of nitrogens with zero attached hydrogens (tertiary/aromatic N) is 3. The van der Waals surface area contributed by atoms with Gasteiger partial charge in [-0.25, -0.2) is 15.0 Å². The predicted octanol–water partition coefficient (Wildman–Crippen LogP) is -0.775. The van der Waals surface area contributed by atoms with Gasteiger partial charge >= 0.3 is 29.6 Å². The van der Waals surface area contributed by atoms with Gasteiger partial charge in [0, 0.05) is 16.3 Å². The second-order valence-electron chi connectivity index (χ2n) is 7.90. The van der Waals surface area contributed by atoms with E-state index in [1.807, 2.05) is 79.0 Å². The zero-order valence-corrected chi connectivity index (χ0v) is 20.4. The molecule has 0 fully saturated rings. The second-order valence-corrected chi connectivity index (χ2v) is 7.90. The van der Waals surface area contributed by atoms with Gasteiger partial charge in [0.1, 0.15) is 0 Å². The van der Waals surface area contributed by atoms with Gasteiger partial charge < -0.3 is 15.2 Å². The van der Waals surface area contributed by atoms with E-state index in [0.29, 0.717) is 0 Å². The van der Waals surface area contributed by atoms with Crippen molar-refractivity contribution in [2.45, 2.75) is 0 Å². The van der Waals surface area contributed by atoms with Crippen LogP contribution in [0.5, 0.6) is 0 Å². The number of H-pyrrole nitrogens is 1. The molecule has 6 rings (SSSR count). The summed E-state index contributed by atoms with van der Waals surface area (Å²) in [6, 6.07) is 8.91. The number of aromatic amines is 1. The van der Waals surface area contributed by atoms with Crippen LogP contribution < -0.4 is 45.2 Å². The fraction of sp³-hybridized carbons (Fsp3) is 0. The third-order valence-corrected chi connectivity index (χ3v) is 5.55. The molecule has 0 saturated heterocycles. The first kappa shape index (κ1) is 22.1. The molecule has 5 heterocycles. The van der Waals surface area contributed by atoms with Crippen LogP contribution >= 0.6 is 0 Å². The molecule has 0 unspecified atom stereocenters. The van der Waals surface area contributed by atoms with E-state index in [0.717, 1.165) is 55.7 Å². The predicted molar refractivity (Wildman–Crippen MR) is 129 cm³/mol. The van der Waals surface area contributed by atoms with E-state index in [1.54, 1.807) is 12.1 Å². The van der Waals surface area contributed by atoms with E-state index in [2.05, 4.69) is 15.0 Å². The van der Waals surface area contributed by atoms with Crippen molar-refractivity contribution < 1.29 is 39.8 Å². The molecule has 2 aromatic rings. The first-order chi connectivity index (χ1) is 16.1. The molecule has 34 heavy (non-hydrogen) atoms. The number of benzene rings is 1.